The highest BCUT2D eigenvalue weighted by Crippen LogP contribution is 2.37. The van der Waals surface area contributed by atoms with Crippen molar-refractivity contribution in [3.63, 3.8) is 0 Å². The van der Waals surface area contributed by atoms with E-state index in [1.54, 1.807) is 0 Å². The summed E-state index contributed by atoms with van der Waals surface area (Å²) in [6, 6.07) is 15.1. The average molecular weight is 514 g/mol. The molecule has 0 saturated heterocycles. The van der Waals surface area contributed by atoms with Crippen LogP contribution in [0.5, 0.6) is 5.75 Å². The van der Waals surface area contributed by atoms with Crippen molar-refractivity contribution in [1.29, 1.82) is 0 Å². The van der Waals surface area contributed by atoms with Crippen LogP contribution in [0.1, 0.15) is 48.2 Å². The van der Waals surface area contributed by atoms with Gasteiger partial charge in [0.2, 0.25) is 0 Å². The normalized spacial score (nSPS) is 19.6. The highest BCUT2D eigenvalue weighted by molar-refractivity contribution is 6.33. The Labute approximate surface area is 223 Å². The number of nitrogens with zero attached hydrogens (tertiary/aromatic N) is 5. The summed E-state index contributed by atoms with van der Waals surface area (Å²) >= 11 is 6.49. The van der Waals surface area contributed by atoms with Gasteiger partial charge < -0.3 is 9.30 Å². The molecule has 2 aromatic carbocycles. The molecule has 0 saturated carbocycles. The molecular formula is C30H32ClN5O. The van der Waals surface area contributed by atoms with Gasteiger partial charge >= 0.3 is 0 Å². The molecule has 3 aromatic rings. The number of hydrogen-bond acceptors (Lipinski definition) is 5. The van der Waals surface area contributed by atoms with Gasteiger partial charge in [0, 0.05) is 57.4 Å². The maximum Gasteiger partial charge on any atom is 0.195 e. The zero-order valence-electron chi connectivity index (χ0n) is 21.3. The van der Waals surface area contributed by atoms with Gasteiger partial charge in [-0.05, 0) is 54.7 Å². The number of rotatable bonds is 8. The molecule has 190 valence electrons. The van der Waals surface area contributed by atoms with Crippen LogP contribution in [0, 0.1) is 12.3 Å². The predicted octanol–water partition coefficient (Wildman–Crippen LogP) is 6.00. The largest absolute Gasteiger partial charge is 0.493 e. The Morgan fingerprint density at radius 2 is 2.00 bits per heavy atom. The molecule has 0 spiro atoms. The first-order valence-corrected chi connectivity index (χ1v) is 13.6. The van der Waals surface area contributed by atoms with E-state index in [9.17, 15) is 0 Å². The maximum atomic E-state index is 6.49. The number of ether oxygens (including phenoxy) is 1. The predicted molar refractivity (Wildman–Crippen MR) is 146 cm³/mol. The summed E-state index contributed by atoms with van der Waals surface area (Å²) in [4.78, 5) is 7.63. The maximum absolute atomic E-state index is 6.49. The smallest absolute Gasteiger partial charge is 0.195 e. The highest BCUT2D eigenvalue weighted by atomic mass is 35.5. The minimum Gasteiger partial charge on any atom is -0.493 e. The van der Waals surface area contributed by atoms with Crippen molar-refractivity contribution in [1.82, 2.24) is 14.5 Å². The summed E-state index contributed by atoms with van der Waals surface area (Å²) in [6.07, 6.45) is 12.0. The van der Waals surface area contributed by atoms with Gasteiger partial charge in [-0.1, -0.05) is 29.8 Å². The third-order valence-corrected chi connectivity index (χ3v) is 8.45. The Morgan fingerprint density at radius 1 is 1.14 bits per heavy atom. The van der Waals surface area contributed by atoms with Gasteiger partial charge in [-0.3, -0.25) is 4.90 Å². The standard InChI is InChI=1S/C30H32ClN5O/c1-3-4-14-30(33-34-30)15-17-37-24-12-10-21-9-11-23(18-22(21)19-24)36-16-13-27-28(20-36)35(2)29(32-27)25-7-5-6-8-26(25)31/h1,5-8,10,12,19,23H,4,9,11,13-18,20H2,2H3/t23-/m0/s1. The molecule has 6 rings (SSSR count). The summed E-state index contributed by atoms with van der Waals surface area (Å²) in [5.41, 5.74) is 6.06. The summed E-state index contributed by atoms with van der Waals surface area (Å²) in [5, 5.41) is 9.17. The van der Waals surface area contributed by atoms with E-state index >= 15 is 0 Å². The SMILES string of the molecule is C#CCCC1(CCOc2ccc3c(c2)C[C@@H](N2CCc4nc(-c5ccccc5Cl)n(C)c4C2)CC3)N=N1. The van der Waals surface area contributed by atoms with Crippen molar-refractivity contribution in [2.75, 3.05) is 13.2 Å². The molecule has 0 fully saturated rings. The van der Waals surface area contributed by atoms with Crippen LogP contribution in [0.2, 0.25) is 5.02 Å². The third-order valence-electron chi connectivity index (χ3n) is 8.12. The first kappa shape index (κ1) is 24.2. The Balaban J connectivity index is 1.11. The molecule has 3 aliphatic rings. The average Bonchev–Trinajstić information content (AvgIpc) is 3.62. The van der Waals surface area contributed by atoms with E-state index in [1.807, 2.05) is 18.2 Å². The Bertz CT molecular complexity index is 1380. The van der Waals surface area contributed by atoms with Crippen LogP contribution in [0.15, 0.2) is 52.7 Å². The van der Waals surface area contributed by atoms with E-state index in [-0.39, 0.29) is 5.66 Å². The van der Waals surface area contributed by atoms with Crippen molar-refractivity contribution in [2.24, 2.45) is 17.3 Å². The Kier molecular flexibility index (Phi) is 6.52. The van der Waals surface area contributed by atoms with Crippen molar-refractivity contribution < 1.29 is 4.74 Å². The first-order valence-electron chi connectivity index (χ1n) is 13.2. The van der Waals surface area contributed by atoms with E-state index in [4.69, 9.17) is 27.7 Å². The van der Waals surface area contributed by atoms with E-state index in [2.05, 4.69) is 56.9 Å². The molecule has 0 unspecified atom stereocenters. The van der Waals surface area contributed by atoms with Gasteiger partial charge in [-0.15, -0.1) is 12.3 Å². The molecule has 0 bridgehead atoms. The van der Waals surface area contributed by atoms with Crippen molar-refractivity contribution in [3.05, 3.63) is 70.0 Å². The summed E-state index contributed by atoms with van der Waals surface area (Å²) in [7, 11) is 2.12. The van der Waals surface area contributed by atoms with E-state index in [0.29, 0.717) is 19.1 Å². The highest BCUT2D eigenvalue weighted by Gasteiger charge is 2.39. The van der Waals surface area contributed by atoms with Gasteiger partial charge in [0.05, 0.1) is 23.0 Å². The number of fused-ring (bicyclic) bond motifs is 2. The Morgan fingerprint density at radius 3 is 2.81 bits per heavy atom. The number of halogens is 1. The van der Waals surface area contributed by atoms with Crippen LogP contribution < -0.4 is 4.74 Å². The quantitative estimate of drug-likeness (QED) is 0.347. The lowest BCUT2D eigenvalue weighted by Gasteiger charge is -2.37. The summed E-state index contributed by atoms with van der Waals surface area (Å²) in [6.45, 7) is 2.56. The molecule has 6 nitrogen and oxygen atoms in total. The molecule has 0 radical (unpaired) electrons. The van der Waals surface area contributed by atoms with Crippen molar-refractivity contribution >= 4 is 11.6 Å². The minimum absolute atomic E-state index is 0.295. The molecule has 3 heterocycles. The number of terminal acetylenes is 1. The van der Waals surface area contributed by atoms with Crippen LogP contribution in [0.4, 0.5) is 0 Å². The third kappa shape index (κ3) is 4.91. The molecule has 1 aromatic heterocycles. The molecule has 0 N–H and O–H groups in total. The summed E-state index contributed by atoms with van der Waals surface area (Å²) < 4.78 is 8.35. The Hall–Kier alpha value is -3.14. The molecule has 7 heteroatoms. The van der Waals surface area contributed by atoms with Crippen LogP contribution in [0.25, 0.3) is 11.4 Å². The van der Waals surface area contributed by atoms with Gasteiger partial charge in [0.1, 0.15) is 11.6 Å². The van der Waals surface area contributed by atoms with Crippen LogP contribution in [-0.4, -0.2) is 39.3 Å². The summed E-state index contributed by atoms with van der Waals surface area (Å²) in [5.74, 6) is 4.58. The second-order valence-electron chi connectivity index (χ2n) is 10.4. The van der Waals surface area contributed by atoms with Crippen LogP contribution >= 0.6 is 11.6 Å². The second kappa shape index (κ2) is 9.96. The zero-order chi connectivity index (χ0) is 25.4. The second-order valence-corrected chi connectivity index (χ2v) is 10.8. The molecule has 1 atom stereocenters. The van der Waals surface area contributed by atoms with E-state index in [1.165, 1.54) is 28.9 Å². The van der Waals surface area contributed by atoms with Crippen molar-refractivity contribution in [2.45, 2.75) is 63.2 Å². The number of benzene rings is 2. The number of aryl methyl sites for hydroxylation is 1. The van der Waals surface area contributed by atoms with Gasteiger partial charge in [-0.2, -0.15) is 10.2 Å². The van der Waals surface area contributed by atoms with Gasteiger partial charge in [-0.25, -0.2) is 4.98 Å². The van der Waals surface area contributed by atoms with E-state index < -0.39 is 0 Å². The lowest BCUT2D eigenvalue weighted by molar-refractivity contribution is 0.158. The topological polar surface area (TPSA) is 55.0 Å². The lowest BCUT2D eigenvalue weighted by atomic mass is 9.86. The molecule has 37 heavy (non-hydrogen) atoms. The van der Waals surface area contributed by atoms with Crippen molar-refractivity contribution in [3.8, 4) is 29.5 Å². The van der Waals surface area contributed by atoms with Gasteiger partial charge in [0.25, 0.3) is 0 Å². The fraction of sp³-hybridized carbons (Fsp3) is 0.433. The fourth-order valence-corrected chi connectivity index (χ4v) is 6.04. The molecule has 1 aliphatic carbocycles. The van der Waals surface area contributed by atoms with Crippen LogP contribution in [0.3, 0.4) is 0 Å². The molecular weight excluding hydrogens is 482 g/mol. The molecule has 0 amide bonds. The number of aromatic nitrogens is 2. The minimum atomic E-state index is -0.295. The zero-order valence-corrected chi connectivity index (χ0v) is 22.0. The van der Waals surface area contributed by atoms with Crippen LogP contribution in [-0.2, 0) is 32.9 Å². The monoisotopic (exact) mass is 513 g/mol. The first-order chi connectivity index (χ1) is 18.0. The fourth-order valence-electron chi connectivity index (χ4n) is 5.82. The van der Waals surface area contributed by atoms with Gasteiger partial charge in [0.15, 0.2) is 5.66 Å². The van der Waals surface area contributed by atoms with E-state index in [0.717, 1.165) is 67.4 Å². The lowest BCUT2D eigenvalue weighted by Crippen LogP contribution is -2.42. The number of hydrogen-bond donors (Lipinski definition) is 0. The number of imidazole rings is 1. The molecule has 2 aliphatic heterocycles.